The molecule has 2 aromatic rings. The molecule has 2 aromatic carbocycles. The van der Waals surface area contributed by atoms with Gasteiger partial charge in [0, 0.05) is 6.42 Å². The summed E-state index contributed by atoms with van der Waals surface area (Å²) in [6.07, 6.45) is 1.77. The summed E-state index contributed by atoms with van der Waals surface area (Å²) < 4.78 is 11.1. The number of ether oxygens (including phenoxy) is 2. The Kier molecular flexibility index (Phi) is 5.05. The van der Waals surface area contributed by atoms with Crippen LogP contribution in [0.15, 0.2) is 48.7 Å². The molecule has 0 N–H and O–H groups in total. The highest BCUT2D eigenvalue weighted by Gasteiger charge is 2.00. The highest BCUT2D eigenvalue weighted by Crippen LogP contribution is 2.23. The molecular weight excluding hydrogens is 248 g/mol. The van der Waals surface area contributed by atoms with E-state index < -0.39 is 0 Å². The van der Waals surface area contributed by atoms with E-state index in [9.17, 15) is 0 Å². The van der Waals surface area contributed by atoms with Crippen LogP contribution in [0.4, 0.5) is 0 Å². The lowest BCUT2D eigenvalue weighted by molar-refractivity contribution is 0.211. The molecule has 106 valence electrons. The zero-order chi connectivity index (χ0) is 14.4. The van der Waals surface area contributed by atoms with Gasteiger partial charge in [-0.1, -0.05) is 30.8 Å². The maximum atomic E-state index is 5.79. The lowest BCUT2D eigenvalue weighted by atomic mass is 10.1. The van der Waals surface area contributed by atoms with Gasteiger partial charge in [0.15, 0.2) is 0 Å². The predicted octanol–water partition coefficient (Wildman–Crippen LogP) is 4.86. The topological polar surface area (TPSA) is 18.5 Å². The van der Waals surface area contributed by atoms with E-state index >= 15 is 0 Å². The van der Waals surface area contributed by atoms with Crippen LogP contribution in [0.2, 0.25) is 0 Å². The van der Waals surface area contributed by atoms with E-state index in [-0.39, 0.29) is 0 Å². The van der Waals surface area contributed by atoms with E-state index in [1.165, 1.54) is 16.3 Å². The molecule has 0 aliphatic heterocycles. The summed E-state index contributed by atoms with van der Waals surface area (Å²) in [6.45, 7) is 9.33. The van der Waals surface area contributed by atoms with E-state index in [1.807, 2.05) is 13.0 Å². The molecule has 0 unspecified atom stereocenters. The maximum absolute atomic E-state index is 5.79. The van der Waals surface area contributed by atoms with Crippen LogP contribution in [0.25, 0.3) is 10.8 Å². The molecule has 2 nitrogen and oxygen atoms in total. The zero-order valence-electron chi connectivity index (χ0n) is 12.3. The summed E-state index contributed by atoms with van der Waals surface area (Å²) in [5.74, 6) is 1.76. The van der Waals surface area contributed by atoms with Crippen LogP contribution < -0.4 is 4.74 Å². The number of fused-ring (bicyclic) bond motifs is 1. The van der Waals surface area contributed by atoms with Crippen LogP contribution in [0.3, 0.4) is 0 Å². The third-order valence-electron chi connectivity index (χ3n) is 3.29. The lowest BCUT2D eigenvalue weighted by Crippen LogP contribution is -1.99. The molecule has 0 saturated heterocycles. The Balaban J connectivity index is 1.89. The first-order valence-electron chi connectivity index (χ1n) is 7.13. The van der Waals surface area contributed by atoms with Gasteiger partial charge in [-0.15, -0.1) is 0 Å². The first-order chi connectivity index (χ1) is 9.70. The van der Waals surface area contributed by atoms with Crippen molar-refractivity contribution in [1.29, 1.82) is 0 Å². The molecule has 2 heteroatoms. The van der Waals surface area contributed by atoms with Crippen LogP contribution in [-0.4, -0.2) is 13.2 Å². The summed E-state index contributed by atoms with van der Waals surface area (Å²) in [5.41, 5.74) is 1.29. The lowest BCUT2D eigenvalue weighted by Gasteiger charge is -2.09. The number of hydrogen-bond acceptors (Lipinski definition) is 2. The normalized spacial score (nSPS) is 10.5. The Morgan fingerprint density at radius 3 is 2.85 bits per heavy atom. The van der Waals surface area contributed by atoms with Gasteiger partial charge in [0.25, 0.3) is 0 Å². The van der Waals surface area contributed by atoms with Gasteiger partial charge in [-0.2, -0.15) is 0 Å². The fraction of sp³-hybridized carbons (Fsp3) is 0.333. The quantitative estimate of drug-likeness (QED) is 0.528. The van der Waals surface area contributed by atoms with Crippen LogP contribution in [0.5, 0.6) is 5.75 Å². The minimum atomic E-state index is 0.684. The molecule has 0 fully saturated rings. The van der Waals surface area contributed by atoms with Crippen LogP contribution in [0, 0.1) is 6.92 Å². The van der Waals surface area contributed by atoms with Gasteiger partial charge in [-0.05, 0) is 48.7 Å². The van der Waals surface area contributed by atoms with Gasteiger partial charge in [0.2, 0.25) is 0 Å². The Hall–Kier alpha value is -1.96. The molecule has 20 heavy (non-hydrogen) atoms. The molecule has 0 heterocycles. The van der Waals surface area contributed by atoms with Gasteiger partial charge >= 0.3 is 0 Å². The smallest absolute Gasteiger partial charge is 0.119 e. The second kappa shape index (κ2) is 6.99. The van der Waals surface area contributed by atoms with Crippen molar-refractivity contribution in [2.75, 3.05) is 13.2 Å². The fourth-order valence-electron chi connectivity index (χ4n) is 2.25. The van der Waals surface area contributed by atoms with Crippen LogP contribution in [-0.2, 0) is 4.74 Å². The maximum Gasteiger partial charge on any atom is 0.119 e. The summed E-state index contributed by atoms with van der Waals surface area (Å²) in [4.78, 5) is 0. The summed E-state index contributed by atoms with van der Waals surface area (Å²) in [7, 11) is 0. The Morgan fingerprint density at radius 1 is 1.20 bits per heavy atom. The molecule has 2 rings (SSSR count). The molecular formula is C18H22O2. The van der Waals surface area contributed by atoms with Crippen LogP contribution >= 0.6 is 0 Å². The van der Waals surface area contributed by atoms with Crippen molar-refractivity contribution in [2.45, 2.75) is 26.7 Å². The van der Waals surface area contributed by atoms with Gasteiger partial charge in [-0.25, -0.2) is 0 Å². The summed E-state index contributed by atoms with van der Waals surface area (Å²) >= 11 is 0. The zero-order valence-corrected chi connectivity index (χ0v) is 12.3. The van der Waals surface area contributed by atoms with Gasteiger partial charge < -0.3 is 9.47 Å². The first-order valence-corrected chi connectivity index (χ1v) is 7.13. The highest BCUT2D eigenvalue weighted by atomic mass is 16.5. The van der Waals surface area contributed by atoms with E-state index in [0.717, 1.165) is 24.4 Å². The van der Waals surface area contributed by atoms with E-state index in [0.29, 0.717) is 13.2 Å². The van der Waals surface area contributed by atoms with E-state index in [1.54, 1.807) is 0 Å². The molecule has 0 saturated carbocycles. The molecule has 0 aliphatic rings. The van der Waals surface area contributed by atoms with Crippen LogP contribution in [0.1, 0.15) is 25.3 Å². The molecule has 0 aliphatic carbocycles. The Labute approximate surface area is 121 Å². The van der Waals surface area contributed by atoms with Crippen molar-refractivity contribution in [2.24, 2.45) is 0 Å². The molecule has 0 bridgehead atoms. The number of hydrogen-bond donors (Lipinski definition) is 0. The Morgan fingerprint density at radius 2 is 2.05 bits per heavy atom. The fourth-order valence-corrected chi connectivity index (χ4v) is 2.25. The molecule has 0 amide bonds. The van der Waals surface area contributed by atoms with Crippen molar-refractivity contribution in [1.82, 2.24) is 0 Å². The van der Waals surface area contributed by atoms with E-state index in [4.69, 9.17) is 9.47 Å². The number of rotatable bonds is 7. The first kappa shape index (κ1) is 14.4. The minimum Gasteiger partial charge on any atom is -0.499 e. The number of benzene rings is 2. The molecule has 0 spiro atoms. The van der Waals surface area contributed by atoms with Gasteiger partial charge in [0.1, 0.15) is 5.75 Å². The van der Waals surface area contributed by atoms with E-state index in [2.05, 4.69) is 43.8 Å². The number of allylic oxidation sites excluding steroid dienone is 1. The Bertz CT molecular complexity index is 587. The highest BCUT2D eigenvalue weighted by molar-refractivity contribution is 5.86. The van der Waals surface area contributed by atoms with Gasteiger partial charge in [0.05, 0.1) is 19.0 Å². The van der Waals surface area contributed by atoms with Crippen molar-refractivity contribution >= 4 is 10.8 Å². The standard InChI is InChI=1S/C18H22O2/c1-4-19-15(3)8-6-12-20-17-10-11-18-14(2)7-5-9-16(18)13-17/h5,7,9-11,13H,3-4,6,8,12H2,1-2H3. The van der Waals surface area contributed by atoms with Gasteiger partial charge in [-0.3, -0.25) is 0 Å². The second-order valence-electron chi connectivity index (χ2n) is 4.88. The van der Waals surface area contributed by atoms with Crippen molar-refractivity contribution < 1.29 is 9.47 Å². The second-order valence-corrected chi connectivity index (χ2v) is 4.88. The van der Waals surface area contributed by atoms with Crippen molar-refractivity contribution in [3.05, 3.63) is 54.3 Å². The van der Waals surface area contributed by atoms with Crippen molar-refractivity contribution in [3.63, 3.8) is 0 Å². The largest absolute Gasteiger partial charge is 0.499 e. The molecule has 0 atom stereocenters. The van der Waals surface area contributed by atoms with Crippen molar-refractivity contribution in [3.8, 4) is 5.75 Å². The minimum absolute atomic E-state index is 0.684. The molecule has 0 aromatic heterocycles. The monoisotopic (exact) mass is 270 g/mol. The summed E-state index contributed by atoms with van der Waals surface area (Å²) in [6, 6.07) is 12.6. The predicted molar refractivity (Wildman–Crippen MR) is 84.2 cm³/mol. The summed E-state index contributed by atoms with van der Waals surface area (Å²) in [5, 5.41) is 2.51. The SMILES string of the molecule is C=C(CCCOc1ccc2c(C)cccc2c1)OCC. The third kappa shape index (κ3) is 3.77. The number of aryl methyl sites for hydroxylation is 1. The average Bonchev–Trinajstić information content (AvgIpc) is 2.44. The third-order valence-corrected chi connectivity index (χ3v) is 3.29. The average molecular weight is 270 g/mol. The molecule has 0 radical (unpaired) electrons.